The number of amides is 1. The van der Waals surface area contributed by atoms with Crippen LogP contribution < -0.4 is 14.4 Å². The van der Waals surface area contributed by atoms with Crippen molar-refractivity contribution in [3.8, 4) is 11.5 Å². The third-order valence-corrected chi connectivity index (χ3v) is 5.45. The molecule has 7 nitrogen and oxygen atoms in total. The molecule has 2 aromatic carbocycles. The topological polar surface area (TPSA) is 89.0 Å². The molecule has 0 aliphatic carbocycles. The average Bonchev–Trinajstić information content (AvgIpc) is 3.09. The summed E-state index contributed by atoms with van der Waals surface area (Å²) in [5, 5.41) is 11.6. The lowest BCUT2D eigenvalue weighted by atomic mass is 9.96. The van der Waals surface area contributed by atoms with Crippen LogP contribution in [0.25, 0.3) is 5.76 Å². The highest BCUT2D eigenvalue weighted by Gasteiger charge is 2.47. The fraction of sp³-hybridized carbons (Fsp3) is 0.125. The number of benzene rings is 2. The molecule has 3 aromatic rings. The predicted octanol–water partition coefficient (Wildman–Crippen LogP) is 4.38. The Labute approximate surface area is 189 Å². The summed E-state index contributed by atoms with van der Waals surface area (Å²) in [4.78, 5) is 31.8. The number of halogens is 1. The van der Waals surface area contributed by atoms with Gasteiger partial charge in [-0.1, -0.05) is 17.7 Å². The van der Waals surface area contributed by atoms with E-state index in [1.807, 2.05) is 0 Å². The van der Waals surface area contributed by atoms with Gasteiger partial charge in [-0.2, -0.15) is 0 Å². The number of aliphatic hydroxyl groups is 1. The van der Waals surface area contributed by atoms with Gasteiger partial charge in [0.2, 0.25) is 0 Å². The van der Waals surface area contributed by atoms with Crippen LogP contribution in [0.3, 0.4) is 0 Å². The largest absolute Gasteiger partial charge is 0.507 e. The van der Waals surface area contributed by atoms with Crippen LogP contribution in [-0.4, -0.2) is 36.0 Å². The zero-order valence-corrected chi connectivity index (χ0v) is 18.0. The second kappa shape index (κ2) is 8.72. The number of hydrogen-bond donors (Lipinski definition) is 1. The van der Waals surface area contributed by atoms with Gasteiger partial charge in [-0.3, -0.25) is 19.5 Å². The number of anilines is 1. The second-order valence-corrected chi connectivity index (χ2v) is 7.43. The predicted molar refractivity (Wildman–Crippen MR) is 120 cm³/mol. The first kappa shape index (κ1) is 21.4. The van der Waals surface area contributed by atoms with Crippen molar-refractivity contribution in [2.24, 2.45) is 0 Å². The number of nitrogens with zero attached hydrogens (tertiary/aromatic N) is 2. The normalized spacial score (nSPS) is 17.5. The summed E-state index contributed by atoms with van der Waals surface area (Å²) in [6.45, 7) is 0. The van der Waals surface area contributed by atoms with Crippen molar-refractivity contribution >= 4 is 34.7 Å². The first-order chi connectivity index (χ1) is 15.5. The quantitative estimate of drug-likeness (QED) is 0.352. The Bertz CT molecular complexity index is 1210. The van der Waals surface area contributed by atoms with Crippen molar-refractivity contribution in [3.05, 3.63) is 88.7 Å². The van der Waals surface area contributed by atoms with Gasteiger partial charge in [-0.15, -0.1) is 0 Å². The molecule has 1 fully saturated rings. The van der Waals surface area contributed by atoms with Crippen molar-refractivity contribution in [1.82, 2.24) is 4.98 Å². The minimum absolute atomic E-state index is 0.0839. The monoisotopic (exact) mass is 450 g/mol. The number of carbonyl (C=O) groups is 2. The van der Waals surface area contributed by atoms with E-state index in [9.17, 15) is 14.7 Å². The van der Waals surface area contributed by atoms with Crippen molar-refractivity contribution in [2.45, 2.75) is 6.04 Å². The van der Waals surface area contributed by atoms with Gasteiger partial charge in [0, 0.05) is 23.1 Å². The maximum Gasteiger partial charge on any atom is 0.300 e. The molecule has 162 valence electrons. The fourth-order valence-corrected chi connectivity index (χ4v) is 3.88. The molecule has 0 saturated carbocycles. The Balaban J connectivity index is 1.95. The highest BCUT2D eigenvalue weighted by molar-refractivity contribution is 6.51. The van der Waals surface area contributed by atoms with E-state index in [0.29, 0.717) is 27.8 Å². The smallest absolute Gasteiger partial charge is 0.300 e. The zero-order valence-electron chi connectivity index (χ0n) is 17.3. The maximum atomic E-state index is 13.2. The van der Waals surface area contributed by atoms with E-state index in [4.69, 9.17) is 21.1 Å². The van der Waals surface area contributed by atoms with Crippen LogP contribution in [0.15, 0.2) is 72.6 Å². The number of Topliss-reactive ketones (excluding diaryl/α,β-unsaturated/α-hetero) is 1. The molecule has 1 unspecified atom stereocenters. The number of aromatic nitrogens is 1. The van der Waals surface area contributed by atoms with E-state index in [1.165, 1.54) is 25.2 Å². The molecule has 1 atom stereocenters. The summed E-state index contributed by atoms with van der Waals surface area (Å²) in [6, 6.07) is 13.9. The molecule has 0 bridgehead atoms. The Morgan fingerprint density at radius 1 is 1.06 bits per heavy atom. The van der Waals surface area contributed by atoms with Gasteiger partial charge >= 0.3 is 0 Å². The average molecular weight is 451 g/mol. The number of ether oxygens (including phenoxy) is 2. The summed E-state index contributed by atoms with van der Waals surface area (Å²) in [7, 11) is 2.98. The van der Waals surface area contributed by atoms with Crippen molar-refractivity contribution in [2.75, 3.05) is 19.1 Å². The molecule has 1 aromatic heterocycles. The minimum atomic E-state index is -0.902. The molecule has 4 rings (SSSR count). The van der Waals surface area contributed by atoms with Gasteiger partial charge < -0.3 is 14.6 Å². The Kier molecular flexibility index (Phi) is 5.83. The molecule has 0 spiro atoms. The van der Waals surface area contributed by atoms with Crippen LogP contribution in [0.1, 0.15) is 17.2 Å². The van der Waals surface area contributed by atoms with Crippen molar-refractivity contribution in [3.63, 3.8) is 0 Å². The third kappa shape index (κ3) is 3.67. The van der Waals surface area contributed by atoms with Gasteiger partial charge in [0.15, 0.2) is 0 Å². The summed E-state index contributed by atoms with van der Waals surface area (Å²) >= 11 is 6.12. The number of aliphatic hydroxyl groups excluding tert-OH is 1. The molecule has 1 N–H and O–H groups in total. The SMILES string of the molecule is COc1ccc(N2C(=O)C(=O)/C(=C(/O)c3cc(Cl)ccc3OC)C2c2cccnc2)cc1. The number of rotatable bonds is 5. The van der Waals surface area contributed by atoms with Crippen LogP contribution in [-0.2, 0) is 9.59 Å². The Hall–Kier alpha value is -3.84. The van der Waals surface area contributed by atoms with Crippen LogP contribution >= 0.6 is 11.6 Å². The standard InChI is InChI=1S/C24H19ClN2O5/c1-31-17-8-6-16(7-9-17)27-21(14-4-3-11-26-13-14)20(23(29)24(27)30)22(28)18-12-15(25)5-10-19(18)32-2/h3-13,21,28H,1-2H3/b22-20+. The van der Waals surface area contributed by atoms with Crippen molar-refractivity contribution < 1.29 is 24.2 Å². The molecule has 1 saturated heterocycles. The highest BCUT2D eigenvalue weighted by atomic mass is 35.5. The molecule has 32 heavy (non-hydrogen) atoms. The Morgan fingerprint density at radius 3 is 2.44 bits per heavy atom. The van der Waals surface area contributed by atoms with Gasteiger partial charge in [-0.25, -0.2) is 0 Å². The van der Waals surface area contributed by atoms with E-state index < -0.39 is 17.7 Å². The lowest BCUT2D eigenvalue weighted by molar-refractivity contribution is -0.132. The number of methoxy groups -OCH3 is 2. The van der Waals surface area contributed by atoms with E-state index in [0.717, 1.165) is 0 Å². The molecule has 0 radical (unpaired) electrons. The molecule has 1 aliphatic rings. The molecule has 8 heteroatoms. The summed E-state index contributed by atoms with van der Waals surface area (Å²) in [6.07, 6.45) is 3.14. The maximum absolute atomic E-state index is 13.2. The molecule has 1 aliphatic heterocycles. The number of hydrogen-bond acceptors (Lipinski definition) is 6. The molecular formula is C24H19ClN2O5. The van der Waals surface area contributed by atoms with E-state index in [-0.39, 0.29) is 16.9 Å². The summed E-state index contributed by atoms with van der Waals surface area (Å²) in [5.41, 5.74) is 1.16. The molecular weight excluding hydrogens is 432 g/mol. The molecule has 1 amide bonds. The lowest BCUT2D eigenvalue weighted by Gasteiger charge is -2.25. The highest BCUT2D eigenvalue weighted by Crippen LogP contribution is 2.43. The summed E-state index contributed by atoms with van der Waals surface area (Å²) in [5.74, 6) is -1.06. The number of pyridine rings is 1. The van der Waals surface area contributed by atoms with Gasteiger partial charge in [0.05, 0.1) is 31.4 Å². The lowest BCUT2D eigenvalue weighted by Crippen LogP contribution is -2.29. The van der Waals surface area contributed by atoms with Gasteiger partial charge in [-0.05, 0) is 54.1 Å². The molecule has 2 heterocycles. The van der Waals surface area contributed by atoms with Crippen LogP contribution in [0.5, 0.6) is 11.5 Å². The van der Waals surface area contributed by atoms with Crippen molar-refractivity contribution in [1.29, 1.82) is 0 Å². The second-order valence-electron chi connectivity index (χ2n) is 7.00. The third-order valence-electron chi connectivity index (χ3n) is 5.21. The first-order valence-electron chi connectivity index (χ1n) is 9.65. The van der Waals surface area contributed by atoms with Crippen LogP contribution in [0.2, 0.25) is 5.02 Å². The van der Waals surface area contributed by atoms with E-state index >= 15 is 0 Å². The zero-order chi connectivity index (χ0) is 22.8. The first-order valence-corrected chi connectivity index (χ1v) is 10.0. The number of carbonyl (C=O) groups excluding carboxylic acids is 2. The van der Waals surface area contributed by atoms with E-state index in [1.54, 1.807) is 60.9 Å². The summed E-state index contributed by atoms with van der Waals surface area (Å²) < 4.78 is 10.5. The van der Waals surface area contributed by atoms with E-state index in [2.05, 4.69) is 4.98 Å². The van der Waals surface area contributed by atoms with Crippen LogP contribution in [0.4, 0.5) is 5.69 Å². The number of ketones is 1. The fourth-order valence-electron chi connectivity index (χ4n) is 3.71. The van der Waals surface area contributed by atoms with Crippen LogP contribution in [0, 0.1) is 0 Å². The van der Waals surface area contributed by atoms with Gasteiger partial charge in [0.1, 0.15) is 17.3 Å². The minimum Gasteiger partial charge on any atom is -0.507 e. The Morgan fingerprint density at radius 2 is 1.81 bits per heavy atom. The van der Waals surface area contributed by atoms with Gasteiger partial charge in [0.25, 0.3) is 11.7 Å².